The molecule has 5 nitrogen and oxygen atoms in total. The third-order valence-electron chi connectivity index (χ3n) is 5.74. The van der Waals surface area contributed by atoms with Gasteiger partial charge in [-0.1, -0.05) is 6.07 Å². The van der Waals surface area contributed by atoms with Crippen molar-refractivity contribution in [3.05, 3.63) is 35.3 Å². The van der Waals surface area contributed by atoms with E-state index >= 15 is 0 Å². The molecule has 1 aromatic carbocycles. The Balaban J connectivity index is 1.44. The first-order chi connectivity index (χ1) is 12.6. The van der Waals surface area contributed by atoms with Crippen LogP contribution in [-0.2, 0) is 4.74 Å². The maximum atomic E-state index is 14.0. The molecule has 2 heterocycles. The van der Waals surface area contributed by atoms with Gasteiger partial charge in [0.05, 0.1) is 18.7 Å². The Kier molecular flexibility index (Phi) is 4.96. The monoisotopic (exact) mass is 359 g/mol. The van der Waals surface area contributed by atoms with E-state index in [1.165, 1.54) is 12.5 Å². The van der Waals surface area contributed by atoms with Gasteiger partial charge in [-0.3, -0.25) is 9.69 Å². The predicted octanol–water partition coefficient (Wildman–Crippen LogP) is 2.99. The van der Waals surface area contributed by atoms with Crippen LogP contribution in [0.5, 0.6) is 0 Å². The van der Waals surface area contributed by atoms with E-state index in [0.29, 0.717) is 22.6 Å². The molecule has 2 unspecified atom stereocenters. The number of amides is 1. The number of nitrogens with zero attached hydrogens (tertiary/aromatic N) is 1. The highest BCUT2D eigenvalue weighted by Gasteiger charge is 2.29. The SMILES string of the molecule is Cc1ccc(F)c2cc(C(=O)NC3CCCC(N4CCOCC4)C3)[nH]c12. The van der Waals surface area contributed by atoms with E-state index in [1.54, 1.807) is 12.1 Å². The molecule has 2 atom stereocenters. The van der Waals surface area contributed by atoms with Crippen LogP contribution in [0.25, 0.3) is 10.9 Å². The van der Waals surface area contributed by atoms with Crippen molar-refractivity contribution >= 4 is 16.8 Å². The minimum Gasteiger partial charge on any atom is -0.379 e. The van der Waals surface area contributed by atoms with Crippen molar-refractivity contribution in [3.8, 4) is 0 Å². The summed E-state index contributed by atoms with van der Waals surface area (Å²) in [6.07, 6.45) is 4.27. The lowest BCUT2D eigenvalue weighted by Gasteiger charge is -2.39. The number of H-pyrrole nitrogens is 1. The summed E-state index contributed by atoms with van der Waals surface area (Å²) in [7, 11) is 0. The Labute approximate surface area is 152 Å². The number of hydrogen-bond acceptors (Lipinski definition) is 3. The number of carbonyl (C=O) groups is 1. The largest absolute Gasteiger partial charge is 0.379 e. The molecule has 1 aromatic heterocycles. The summed E-state index contributed by atoms with van der Waals surface area (Å²) >= 11 is 0. The van der Waals surface area contributed by atoms with Crippen LogP contribution >= 0.6 is 0 Å². The molecule has 2 fully saturated rings. The Morgan fingerprint density at radius 3 is 2.88 bits per heavy atom. The maximum Gasteiger partial charge on any atom is 0.267 e. The van der Waals surface area contributed by atoms with E-state index in [1.807, 2.05) is 6.92 Å². The van der Waals surface area contributed by atoms with Crippen LogP contribution in [0.1, 0.15) is 41.7 Å². The van der Waals surface area contributed by atoms with Crippen LogP contribution < -0.4 is 5.32 Å². The normalized spacial score (nSPS) is 24.7. The molecule has 0 bridgehead atoms. The van der Waals surface area contributed by atoms with Gasteiger partial charge in [0, 0.05) is 30.6 Å². The minimum atomic E-state index is -0.300. The van der Waals surface area contributed by atoms with Crippen LogP contribution in [0.15, 0.2) is 18.2 Å². The van der Waals surface area contributed by atoms with Gasteiger partial charge >= 0.3 is 0 Å². The Morgan fingerprint density at radius 2 is 2.12 bits per heavy atom. The van der Waals surface area contributed by atoms with Gasteiger partial charge in [0.15, 0.2) is 0 Å². The van der Waals surface area contributed by atoms with Crippen molar-refractivity contribution in [1.82, 2.24) is 15.2 Å². The second-order valence-electron chi connectivity index (χ2n) is 7.48. The molecule has 1 aliphatic carbocycles. The number of carbonyl (C=O) groups excluding carboxylic acids is 1. The molecule has 2 N–H and O–H groups in total. The zero-order valence-corrected chi connectivity index (χ0v) is 15.2. The van der Waals surface area contributed by atoms with Crippen molar-refractivity contribution in [2.75, 3.05) is 26.3 Å². The number of morpholine rings is 1. The maximum absolute atomic E-state index is 14.0. The summed E-state index contributed by atoms with van der Waals surface area (Å²) in [5.74, 6) is -0.446. The average Bonchev–Trinajstić information content (AvgIpc) is 3.13. The molecule has 2 aromatic rings. The zero-order chi connectivity index (χ0) is 18.1. The fourth-order valence-electron chi connectivity index (χ4n) is 4.28. The van der Waals surface area contributed by atoms with Crippen molar-refractivity contribution in [2.24, 2.45) is 0 Å². The van der Waals surface area contributed by atoms with Gasteiger partial charge in [0.1, 0.15) is 11.5 Å². The van der Waals surface area contributed by atoms with E-state index in [2.05, 4.69) is 15.2 Å². The zero-order valence-electron chi connectivity index (χ0n) is 15.2. The fraction of sp³-hybridized carbons (Fsp3) is 0.550. The number of hydrogen-bond donors (Lipinski definition) is 2. The van der Waals surface area contributed by atoms with E-state index in [4.69, 9.17) is 4.74 Å². The van der Waals surface area contributed by atoms with E-state index in [0.717, 1.165) is 51.1 Å². The molecule has 140 valence electrons. The first-order valence-electron chi connectivity index (χ1n) is 9.52. The van der Waals surface area contributed by atoms with Crippen LogP contribution in [0.2, 0.25) is 0 Å². The van der Waals surface area contributed by atoms with E-state index < -0.39 is 0 Å². The van der Waals surface area contributed by atoms with Crippen molar-refractivity contribution in [2.45, 2.75) is 44.7 Å². The van der Waals surface area contributed by atoms with Gasteiger partial charge in [-0.05, 0) is 50.3 Å². The molecule has 4 rings (SSSR count). The number of rotatable bonds is 3. The number of nitrogens with one attached hydrogen (secondary N) is 2. The lowest BCUT2D eigenvalue weighted by atomic mass is 9.89. The third kappa shape index (κ3) is 3.48. The summed E-state index contributed by atoms with van der Waals surface area (Å²) in [6.45, 7) is 5.47. The standard InChI is InChI=1S/C20H26FN3O2/c1-13-5-6-17(21)16-12-18(23-19(13)16)20(25)22-14-3-2-4-15(11-14)24-7-9-26-10-8-24/h5-6,12,14-15,23H,2-4,7-11H2,1H3,(H,22,25). The highest BCUT2D eigenvalue weighted by atomic mass is 19.1. The van der Waals surface area contributed by atoms with Gasteiger partial charge in [-0.2, -0.15) is 0 Å². The molecule has 0 radical (unpaired) electrons. The predicted molar refractivity (Wildman–Crippen MR) is 98.9 cm³/mol. The van der Waals surface area contributed by atoms with E-state index in [-0.39, 0.29) is 17.8 Å². The molecular formula is C20H26FN3O2. The molecule has 6 heteroatoms. The lowest BCUT2D eigenvalue weighted by Crippen LogP contribution is -2.49. The van der Waals surface area contributed by atoms with Crippen LogP contribution in [0.4, 0.5) is 4.39 Å². The first kappa shape index (κ1) is 17.5. The number of ether oxygens (including phenoxy) is 1. The van der Waals surface area contributed by atoms with Crippen LogP contribution in [0, 0.1) is 12.7 Å². The van der Waals surface area contributed by atoms with Crippen LogP contribution in [-0.4, -0.2) is 54.2 Å². The molecule has 1 aliphatic heterocycles. The van der Waals surface area contributed by atoms with Crippen LogP contribution in [0.3, 0.4) is 0 Å². The first-order valence-corrected chi connectivity index (χ1v) is 9.52. The highest BCUT2D eigenvalue weighted by Crippen LogP contribution is 2.25. The molecule has 0 spiro atoms. The van der Waals surface area contributed by atoms with Gasteiger partial charge in [-0.15, -0.1) is 0 Å². The van der Waals surface area contributed by atoms with Gasteiger partial charge in [0.25, 0.3) is 5.91 Å². The number of halogens is 1. The third-order valence-corrected chi connectivity index (χ3v) is 5.74. The summed E-state index contributed by atoms with van der Waals surface area (Å²) in [5.41, 5.74) is 2.07. The molecule has 26 heavy (non-hydrogen) atoms. The van der Waals surface area contributed by atoms with E-state index in [9.17, 15) is 9.18 Å². The van der Waals surface area contributed by atoms with Crippen molar-refractivity contribution in [3.63, 3.8) is 0 Å². The molecule has 1 saturated heterocycles. The Hall–Kier alpha value is -1.92. The highest BCUT2D eigenvalue weighted by molar-refractivity contribution is 5.99. The fourth-order valence-corrected chi connectivity index (χ4v) is 4.28. The Bertz CT molecular complexity index is 759. The number of aromatic amines is 1. The summed E-state index contributed by atoms with van der Waals surface area (Å²) < 4.78 is 19.4. The lowest BCUT2D eigenvalue weighted by molar-refractivity contribution is 0.00551. The smallest absolute Gasteiger partial charge is 0.267 e. The topological polar surface area (TPSA) is 57.4 Å². The second-order valence-corrected chi connectivity index (χ2v) is 7.48. The average molecular weight is 359 g/mol. The van der Waals surface area contributed by atoms with Gasteiger partial charge < -0.3 is 15.0 Å². The second kappa shape index (κ2) is 7.37. The number of benzene rings is 1. The minimum absolute atomic E-state index is 0.146. The quantitative estimate of drug-likeness (QED) is 0.886. The molecule has 1 saturated carbocycles. The van der Waals surface area contributed by atoms with Crippen molar-refractivity contribution in [1.29, 1.82) is 0 Å². The number of aromatic nitrogens is 1. The summed E-state index contributed by atoms with van der Waals surface area (Å²) in [4.78, 5) is 18.3. The Morgan fingerprint density at radius 1 is 1.31 bits per heavy atom. The molecule has 1 amide bonds. The molecule has 2 aliphatic rings. The van der Waals surface area contributed by atoms with Gasteiger partial charge in [-0.25, -0.2) is 4.39 Å². The molecular weight excluding hydrogens is 333 g/mol. The number of fused-ring (bicyclic) bond motifs is 1. The summed E-state index contributed by atoms with van der Waals surface area (Å²) in [5, 5.41) is 3.63. The number of aryl methyl sites for hydroxylation is 1. The van der Waals surface area contributed by atoms with Crippen molar-refractivity contribution < 1.29 is 13.9 Å². The summed E-state index contributed by atoms with van der Waals surface area (Å²) in [6, 6.07) is 5.47. The van der Waals surface area contributed by atoms with Gasteiger partial charge in [0.2, 0.25) is 0 Å².